The van der Waals surface area contributed by atoms with Crippen molar-refractivity contribution in [1.29, 1.82) is 0 Å². The predicted octanol–water partition coefficient (Wildman–Crippen LogP) is 1.88. The molecule has 1 saturated heterocycles. The maximum Gasteiger partial charge on any atom is 0.230 e. The van der Waals surface area contributed by atoms with Gasteiger partial charge in [0.15, 0.2) is 0 Å². The van der Waals surface area contributed by atoms with Gasteiger partial charge in [0.25, 0.3) is 0 Å². The minimum Gasteiger partial charge on any atom is -0.424 e. The van der Waals surface area contributed by atoms with Gasteiger partial charge < -0.3 is 14.6 Å². The van der Waals surface area contributed by atoms with E-state index in [1.165, 1.54) is 12.8 Å². The van der Waals surface area contributed by atoms with Crippen molar-refractivity contribution in [2.45, 2.75) is 44.2 Å². The fraction of sp³-hybridized carbons (Fsp3) is 0.647. The van der Waals surface area contributed by atoms with Crippen LogP contribution < -0.4 is 10.2 Å². The van der Waals surface area contributed by atoms with Crippen LogP contribution in [0.2, 0.25) is 0 Å². The van der Waals surface area contributed by atoms with Gasteiger partial charge in [-0.05, 0) is 38.3 Å². The molecule has 2 fully saturated rings. The van der Waals surface area contributed by atoms with E-state index in [9.17, 15) is 0 Å². The summed E-state index contributed by atoms with van der Waals surface area (Å²) < 4.78 is 5.79. The Morgan fingerprint density at radius 3 is 2.96 bits per heavy atom. The molecular formula is C17H25N7O. The number of aromatic nitrogens is 4. The van der Waals surface area contributed by atoms with E-state index in [4.69, 9.17) is 4.42 Å². The highest BCUT2D eigenvalue weighted by Crippen LogP contribution is 2.39. The fourth-order valence-electron chi connectivity index (χ4n) is 3.18. The van der Waals surface area contributed by atoms with Gasteiger partial charge in [0.1, 0.15) is 5.82 Å². The molecule has 2 aromatic rings. The van der Waals surface area contributed by atoms with E-state index in [1.54, 1.807) is 6.20 Å². The number of rotatable bonds is 6. The Morgan fingerprint density at radius 2 is 2.16 bits per heavy atom. The Kier molecular flexibility index (Phi) is 4.52. The van der Waals surface area contributed by atoms with Crippen LogP contribution in [0.3, 0.4) is 0 Å². The van der Waals surface area contributed by atoms with Crippen LogP contribution in [-0.4, -0.2) is 58.3 Å². The van der Waals surface area contributed by atoms with Crippen LogP contribution in [0.1, 0.15) is 43.4 Å². The highest BCUT2D eigenvalue weighted by Gasteiger charge is 2.30. The molecule has 1 aliphatic carbocycles. The summed E-state index contributed by atoms with van der Waals surface area (Å²) in [6, 6.07) is 2.24. The molecule has 1 unspecified atom stereocenters. The minimum atomic E-state index is 0.331. The molecule has 0 aromatic carbocycles. The molecule has 1 N–H and O–H groups in total. The third-order valence-corrected chi connectivity index (χ3v) is 4.71. The average Bonchev–Trinajstić information content (AvgIpc) is 3.35. The Morgan fingerprint density at radius 1 is 1.28 bits per heavy atom. The largest absolute Gasteiger partial charge is 0.424 e. The highest BCUT2D eigenvalue weighted by molar-refractivity contribution is 5.41. The first-order valence-corrected chi connectivity index (χ1v) is 8.99. The number of piperidine rings is 1. The number of hydrogen-bond donors (Lipinski definition) is 1. The quantitative estimate of drug-likeness (QED) is 0.851. The lowest BCUT2D eigenvalue weighted by Crippen LogP contribution is -2.42. The molecule has 8 nitrogen and oxygen atoms in total. The molecule has 0 radical (unpaired) electrons. The normalized spacial score (nSPS) is 21.3. The summed E-state index contributed by atoms with van der Waals surface area (Å²) in [6.45, 7) is 2.70. The van der Waals surface area contributed by atoms with Gasteiger partial charge in [-0.3, -0.25) is 4.90 Å². The third kappa shape index (κ3) is 4.07. The zero-order valence-electron chi connectivity index (χ0n) is 14.9. The van der Waals surface area contributed by atoms with Crippen molar-refractivity contribution >= 4 is 11.8 Å². The zero-order valence-corrected chi connectivity index (χ0v) is 14.9. The molecule has 8 heteroatoms. The van der Waals surface area contributed by atoms with E-state index < -0.39 is 0 Å². The van der Waals surface area contributed by atoms with Gasteiger partial charge in [-0.1, -0.05) is 0 Å². The van der Waals surface area contributed by atoms with Gasteiger partial charge in [-0.15, -0.1) is 10.2 Å². The van der Waals surface area contributed by atoms with Crippen molar-refractivity contribution < 1.29 is 4.42 Å². The van der Waals surface area contributed by atoms with Crippen LogP contribution in [0.15, 0.2) is 16.7 Å². The van der Waals surface area contributed by atoms with Crippen molar-refractivity contribution in [3.05, 3.63) is 24.0 Å². The molecule has 2 aromatic heterocycles. The number of hydrogen-bond acceptors (Lipinski definition) is 8. The molecule has 3 heterocycles. The molecule has 1 aliphatic heterocycles. The first-order valence-electron chi connectivity index (χ1n) is 8.99. The molecule has 0 amide bonds. The topological polar surface area (TPSA) is 83.2 Å². The Hall–Kier alpha value is -2.22. The third-order valence-electron chi connectivity index (χ3n) is 4.71. The summed E-state index contributed by atoms with van der Waals surface area (Å²) in [6.07, 6.45) is 6.41. The van der Waals surface area contributed by atoms with E-state index in [0.29, 0.717) is 17.9 Å². The molecule has 25 heavy (non-hydrogen) atoms. The molecule has 134 valence electrons. The van der Waals surface area contributed by atoms with Gasteiger partial charge in [0, 0.05) is 38.8 Å². The van der Waals surface area contributed by atoms with E-state index in [-0.39, 0.29) is 0 Å². The maximum atomic E-state index is 5.79. The van der Waals surface area contributed by atoms with E-state index in [0.717, 1.165) is 50.1 Å². The van der Waals surface area contributed by atoms with Crippen molar-refractivity contribution in [2.24, 2.45) is 0 Å². The van der Waals surface area contributed by atoms with E-state index >= 15 is 0 Å². The first-order chi connectivity index (χ1) is 12.2. The average molecular weight is 343 g/mol. The van der Waals surface area contributed by atoms with Crippen molar-refractivity contribution in [3.63, 3.8) is 0 Å². The molecule has 0 bridgehead atoms. The second-order valence-electron chi connectivity index (χ2n) is 7.16. The fourth-order valence-corrected chi connectivity index (χ4v) is 3.18. The molecule has 1 saturated carbocycles. The molecular weight excluding hydrogens is 318 g/mol. The van der Waals surface area contributed by atoms with Crippen molar-refractivity contribution in [2.75, 3.05) is 37.4 Å². The summed E-state index contributed by atoms with van der Waals surface area (Å²) in [5, 5.41) is 11.8. The van der Waals surface area contributed by atoms with Gasteiger partial charge in [0.2, 0.25) is 17.7 Å². The van der Waals surface area contributed by atoms with Gasteiger partial charge >= 0.3 is 0 Å². The summed E-state index contributed by atoms with van der Waals surface area (Å²) in [7, 11) is 3.96. The van der Waals surface area contributed by atoms with Crippen LogP contribution in [0.4, 0.5) is 11.8 Å². The second-order valence-corrected chi connectivity index (χ2v) is 7.16. The summed E-state index contributed by atoms with van der Waals surface area (Å²) in [4.78, 5) is 13.2. The molecule has 0 spiro atoms. The van der Waals surface area contributed by atoms with Gasteiger partial charge in [-0.25, -0.2) is 4.98 Å². The smallest absolute Gasteiger partial charge is 0.230 e. The number of nitrogens with one attached hydrogen (secondary N) is 1. The maximum absolute atomic E-state index is 5.79. The lowest BCUT2D eigenvalue weighted by Gasteiger charge is -2.32. The summed E-state index contributed by atoms with van der Waals surface area (Å²) in [5.74, 6) is 3.65. The lowest BCUT2D eigenvalue weighted by molar-refractivity contribution is 0.189. The summed E-state index contributed by atoms with van der Waals surface area (Å²) >= 11 is 0. The van der Waals surface area contributed by atoms with Gasteiger partial charge in [-0.2, -0.15) is 4.98 Å². The summed E-state index contributed by atoms with van der Waals surface area (Å²) in [5.41, 5.74) is 0. The molecule has 4 rings (SSSR count). The Labute approximate surface area is 147 Å². The number of anilines is 2. The number of likely N-dealkylation sites (tertiary alicyclic amines) is 1. The minimum absolute atomic E-state index is 0.331. The Bertz CT molecular complexity index is 713. The lowest BCUT2D eigenvalue weighted by atomic mass is 10.1. The molecule has 1 atom stereocenters. The van der Waals surface area contributed by atoms with E-state index in [1.807, 2.05) is 25.1 Å². The standard InChI is InChI=1S/C17H25N7O/c1-23(2)14-7-8-18-17(20-14)19-13-4-3-9-24(10-13)11-15-21-22-16(25-15)12-5-6-12/h7-8,12-13H,3-6,9-11H2,1-2H3,(H,18,19,20). The molecule has 2 aliphatic rings. The SMILES string of the molecule is CN(C)c1ccnc(NC2CCCN(Cc3nnc(C4CC4)o3)C2)n1. The van der Waals surface area contributed by atoms with Gasteiger partial charge in [0.05, 0.1) is 6.54 Å². The van der Waals surface area contributed by atoms with Crippen LogP contribution in [0, 0.1) is 0 Å². The van der Waals surface area contributed by atoms with Crippen LogP contribution in [-0.2, 0) is 6.54 Å². The Balaban J connectivity index is 1.34. The van der Waals surface area contributed by atoms with E-state index in [2.05, 4.69) is 30.4 Å². The second kappa shape index (κ2) is 6.95. The van der Waals surface area contributed by atoms with Crippen molar-refractivity contribution in [1.82, 2.24) is 25.1 Å². The monoisotopic (exact) mass is 343 g/mol. The highest BCUT2D eigenvalue weighted by atomic mass is 16.4. The first kappa shape index (κ1) is 16.3. The predicted molar refractivity (Wildman–Crippen MR) is 94.6 cm³/mol. The van der Waals surface area contributed by atoms with Crippen LogP contribution in [0.25, 0.3) is 0 Å². The van der Waals surface area contributed by atoms with Crippen LogP contribution >= 0.6 is 0 Å². The van der Waals surface area contributed by atoms with Crippen LogP contribution in [0.5, 0.6) is 0 Å². The zero-order chi connectivity index (χ0) is 17.2. The van der Waals surface area contributed by atoms with Crippen molar-refractivity contribution in [3.8, 4) is 0 Å². The number of nitrogens with zero attached hydrogens (tertiary/aromatic N) is 6.